The molecule has 1 heterocycles. The van der Waals surface area contributed by atoms with Crippen LogP contribution in [0.15, 0.2) is 24.3 Å². The molecule has 0 unspecified atom stereocenters. The normalized spacial score (nSPS) is 20.0. The molecule has 0 amide bonds. The van der Waals surface area contributed by atoms with Crippen molar-refractivity contribution < 1.29 is 15.0 Å². The number of aromatic hydroxyl groups is 1. The number of carboxylic acid groups (broad SMARTS) is 1. The van der Waals surface area contributed by atoms with E-state index in [-0.39, 0.29) is 18.2 Å². The molecule has 1 fully saturated rings. The van der Waals surface area contributed by atoms with Gasteiger partial charge >= 0.3 is 5.97 Å². The monoisotopic (exact) mass is 221 g/mol. The molecule has 0 aliphatic carbocycles. The van der Waals surface area contributed by atoms with Gasteiger partial charge in [0.2, 0.25) is 0 Å². The Bertz CT molecular complexity index is 374. The van der Waals surface area contributed by atoms with Crippen molar-refractivity contribution in [2.24, 2.45) is 0 Å². The molecular weight excluding hydrogens is 206 g/mol. The van der Waals surface area contributed by atoms with Gasteiger partial charge in [0.05, 0.1) is 6.42 Å². The highest BCUT2D eigenvalue weighted by Gasteiger charge is 2.26. The highest BCUT2D eigenvalue weighted by Crippen LogP contribution is 2.28. The first-order chi connectivity index (χ1) is 7.66. The van der Waals surface area contributed by atoms with Gasteiger partial charge < -0.3 is 15.1 Å². The van der Waals surface area contributed by atoms with Gasteiger partial charge in [-0.05, 0) is 37.1 Å². The number of aliphatic carboxylic acids is 1. The van der Waals surface area contributed by atoms with Crippen molar-refractivity contribution in [3.63, 3.8) is 0 Å². The van der Waals surface area contributed by atoms with Crippen LogP contribution in [-0.4, -0.2) is 28.8 Å². The lowest BCUT2D eigenvalue weighted by Crippen LogP contribution is -2.31. The SMILES string of the molecule is O=C(O)C[C@@H]1CCCN1c1ccc(O)cc1. The molecule has 1 atom stereocenters. The number of carboxylic acids is 1. The van der Waals surface area contributed by atoms with E-state index in [0.29, 0.717) is 0 Å². The van der Waals surface area contributed by atoms with E-state index in [4.69, 9.17) is 5.11 Å². The maximum absolute atomic E-state index is 10.7. The second-order valence-corrected chi connectivity index (χ2v) is 4.10. The van der Waals surface area contributed by atoms with Crippen molar-refractivity contribution in [3.05, 3.63) is 24.3 Å². The zero-order valence-electron chi connectivity index (χ0n) is 8.97. The van der Waals surface area contributed by atoms with Crippen molar-refractivity contribution in [2.45, 2.75) is 25.3 Å². The number of hydrogen-bond acceptors (Lipinski definition) is 3. The van der Waals surface area contributed by atoms with Crippen LogP contribution in [0.3, 0.4) is 0 Å². The maximum Gasteiger partial charge on any atom is 0.305 e. The Morgan fingerprint density at radius 3 is 2.69 bits per heavy atom. The molecule has 0 spiro atoms. The molecule has 0 bridgehead atoms. The fourth-order valence-electron chi connectivity index (χ4n) is 2.23. The van der Waals surface area contributed by atoms with Gasteiger partial charge in [-0.25, -0.2) is 0 Å². The fraction of sp³-hybridized carbons (Fsp3) is 0.417. The van der Waals surface area contributed by atoms with Crippen molar-refractivity contribution in [1.82, 2.24) is 0 Å². The zero-order chi connectivity index (χ0) is 11.5. The maximum atomic E-state index is 10.7. The highest BCUT2D eigenvalue weighted by atomic mass is 16.4. The third-order valence-electron chi connectivity index (χ3n) is 2.97. The number of benzene rings is 1. The number of phenolic OH excluding ortho intramolecular Hbond substituents is 1. The van der Waals surface area contributed by atoms with Gasteiger partial charge in [0.15, 0.2) is 0 Å². The summed E-state index contributed by atoms with van der Waals surface area (Å²) >= 11 is 0. The lowest BCUT2D eigenvalue weighted by molar-refractivity contribution is -0.137. The zero-order valence-corrected chi connectivity index (χ0v) is 8.97. The van der Waals surface area contributed by atoms with Gasteiger partial charge in [0.1, 0.15) is 5.75 Å². The second kappa shape index (κ2) is 4.43. The van der Waals surface area contributed by atoms with E-state index in [1.54, 1.807) is 12.1 Å². The third kappa shape index (κ3) is 2.27. The Labute approximate surface area is 94.1 Å². The van der Waals surface area contributed by atoms with E-state index in [0.717, 1.165) is 25.1 Å². The van der Waals surface area contributed by atoms with Crippen LogP contribution >= 0.6 is 0 Å². The minimum atomic E-state index is -0.754. The average molecular weight is 221 g/mol. The smallest absolute Gasteiger partial charge is 0.305 e. The number of rotatable bonds is 3. The molecule has 4 heteroatoms. The van der Waals surface area contributed by atoms with Crippen LogP contribution in [-0.2, 0) is 4.79 Å². The molecule has 1 aromatic rings. The van der Waals surface area contributed by atoms with Gasteiger partial charge in [-0.3, -0.25) is 4.79 Å². The molecule has 16 heavy (non-hydrogen) atoms. The number of hydrogen-bond donors (Lipinski definition) is 2. The summed E-state index contributed by atoms with van der Waals surface area (Å²) < 4.78 is 0. The summed E-state index contributed by atoms with van der Waals surface area (Å²) in [5, 5.41) is 18.0. The molecule has 4 nitrogen and oxygen atoms in total. The Hall–Kier alpha value is -1.71. The Balaban J connectivity index is 2.13. The number of anilines is 1. The van der Waals surface area contributed by atoms with Gasteiger partial charge in [-0.15, -0.1) is 0 Å². The van der Waals surface area contributed by atoms with E-state index in [1.807, 2.05) is 12.1 Å². The van der Waals surface area contributed by atoms with Crippen molar-refractivity contribution in [3.8, 4) is 5.75 Å². The van der Waals surface area contributed by atoms with Crippen LogP contribution in [0.1, 0.15) is 19.3 Å². The molecule has 1 aliphatic rings. The minimum absolute atomic E-state index is 0.0852. The van der Waals surface area contributed by atoms with Crippen LogP contribution in [0.25, 0.3) is 0 Å². The summed E-state index contributed by atoms with van der Waals surface area (Å²) in [6.45, 7) is 0.892. The third-order valence-corrected chi connectivity index (χ3v) is 2.97. The molecule has 1 aliphatic heterocycles. The van der Waals surface area contributed by atoms with E-state index in [2.05, 4.69) is 4.90 Å². The molecule has 0 radical (unpaired) electrons. The Morgan fingerprint density at radius 1 is 1.38 bits per heavy atom. The molecule has 1 aromatic carbocycles. The predicted molar refractivity (Wildman–Crippen MR) is 60.7 cm³/mol. The molecule has 2 rings (SSSR count). The molecule has 86 valence electrons. The molecule has 0 aromatic heterocycles. The highest BCUT2D eigenvalue weighted by molar-refractivity contribution is 5.69. The summed E-state index contributed by atoms with van der Waals surface area (Å²) in [4.78, 5) is 12.8. The first kappa shape index (κ1) is 10.8. The van der Waals surface area contributed by atoms with Crippen LogP contribution in [0.4, 0.5) is 5.69 Å². The van der Waals surface area contributed by atoms with Crippen LogP contribution in [0, 0.1) is 0 Å². The molecule has 0 saturated carbocycles. The van der Waals surface area contributed by atoms with Crippen LogP contribution in [0.2, 0.25) is 0 Å². The van der Waals surface area contributed by atoms with Gasteiger partial charge in [0.25, 0.3) is 0 Å². The molecule has 1 saturated heterocycles. The predicted octanol–water partition coefficient (Wildman–Crippen LogP) is 1.84. The van der Waals surface area contributed by atoms with Crippen LogP contribution in [0.5, 0.6) is 5.75 Å². The Morgan fingerprint density at radius 2 is 2.06 bits per heavy atom. The summed E-state index contributed by atoms with van der Waals surface area (Å²) in [6.07, 6.45) is 2.13. The first-order valence-electron chi connectivity index (χ1n) is 5.44. The summed E-state index contributed by atoms with van der Waals surface area (Å²) in [5.41, 5.74) is 0.988. The van der Waals surface area contributed by atoms with E-state index >= 15 is 0 Å². The van der Waals surface area contributed by atoms with Gasteiger partial charge in [-0.1, -0.05) is 0 Å². The molecular formula is C12H15NO3. The standard InChI is InChI=1S/C12H15NO3/c14-11-5-3-9(4-6-11)13-7-1-2-10(13)8-12(15)16/h3-6,10,14H,1-2,7-8H2,(H,15,16)/t10-/m0/s1. The number of phenols is 1. The Kier molecular flexibility index (Phi) is 2.99. The topological polar surface area (TPSA) is 60.8 Å². The quantitative estimate of drug-likeness (QED) is 0.817. The largest absolute Gasteiger partial charge is 0.508 e. The number of nitrogens with zero attached hydrogens (tertiary/aromatic N) is 1. The summed E-state index contributed by atoms with van der Waals surface area (Å²) in [5.74, 6) is -0.520. The van der Waals surface area contributed by atoms with Crippen LogP contribution < -0.4 is 4.90 Å². The van der Waals surface area contributed by atoms with Crippen molar-refractivity contribution >= 4 is 11.7 Å². The van der Waals surface area contributed by atoms with Crippen molar-refractivity contribution in [2.75, 3.05) is 11.4 Å². The average Bonchev–Trinajstić information content (AvgIpc) is 2.66. The van der Waals surface area contributed by atoms with E-state index < -0.39 is 5.97 Å². The van der Waals surface area contributed by atoms with Gasteiger partial charge in [0, 0.05) is 18.3 Å². The summed E-state index contributed by atoms with van der Waals surface area (Å²) in [7, 11) is 0. The van der Waals surface area contributed by atoms with E-state index in [1.165, 1.54) is 0 Å². The fourth-order valence-corrected chi connectivity index (χ4v) is 2.23. The summed E-state index contributed by atoms with van der Waals surface area (Å²) in [6, 6.07) is 7.00. The van der Waals surface area contributed by atoms with Crippen molar-refractivity contribution in [1.29, 1.82) is 0 Å². The first-order valence-corrected chi connectivity index (χ1v) is 5.44. The molecule has 2 N–H and O–H groups in total. The second-order valence-electron chi connectivity index (χ2n) is 4.10. The lowest BCUT2D eigenvalue weighted by atomic mass is 10.1. The van der Waals surface area contributed by atoms with Gasteiger partial charge in [-0.2, -0.15) is 0 Å². The number of carbonyl (C=O) groups is 1. The minimum Gasteiger partial charge on any atom is -0.508 e. The lowest BCUT2D eigenvalue weighted by Gasteiger charge is -2.25. The van der Waals surface area contributed by atoms with E-state index in [9.17, 15) is 9.90 Å².